The van der Waals surface area contributed by atoms with Gasteiger partial charge in [0.25, 0.3) is 5.91 Å². The summed E-state index contributed by atoms with van der Waals surface area (Å²) in [7, 11) is 0. The van der Waals surface area contributed by atoms with Crippen molar-refractivity contribution >= 4 is 28.3 Å². The third-order valence-corrected chi connectivity index (χ3v) is 4.58. The topological polar surface area (TPSA) is 45.7 Å². The maximum absolute atomic E-state index is 12.1. The second-order valence-corrected chi connectivity index (χ2v) is 6.64. The summed E-state index contributed by atoms with van der Waals surface area (Å²) in [6, 6.07) is 22.4. The standard InChI is InChI=1S/C21H21ClN2O/c1-15(19-11-5-8-17-7-2-3-10-20(17)19)23-14-21(25)24-13-16-6-4-9-18(22)12-16/h2-12,15,23H,13-14H2,1H3,(H,24,25)/p+1/t15-/m1/s1. The van der Waals surface area contributed by atoms with Gasteiger partial charge in [0.15, 0.2) is 6.54 Å². The second-order valence-electron chi connectivity index (χ2n) is 6.20. The van der Waals surface area contributed by atoms with Crippen LogP contribution in [0.25, 0.3) is 10.8 Å². The highest BCUT2D eigenvalue weighted by atomic mass is 35.5. The number of carbonyl (C=O) groups excluding carboxylic acids is 1. The van der Waals surface area contributed by atoms with Gasteiger partial charge in [-0.05, 0) is 35.4 Å². The smallest absolute Gasteiger partial charge is 0.275 e. The lowest BCUT2D eigenvalue weighted by molar-refractivity contribution is -0.682. The maximum Gasteiger partial charge on any atom is 0.275 e. The molecule has 25 heavy (non-hydrogen) atoms. The number of rotatable bonds is 6. The van der Waals surface area contributed by atoms with Gasteiger partial charge in [0, 0.05) is 17.1 Å². The molecule has 0 aromatic heterocycles. The number of amides is 1. The Morgan fingerprint density at radius 1 is 1.08 bits per heavy atom. The van der Waals surface area contributed by atoms with Crippen LogP contribution in [0.1, 0.15) is 24.1 Å². The van der Waals surface area contributed by atoms with Gasteiger partial charge in [-0.3, -0.25) is 4.79 Å². The molecule has 0 fully saturated rings. The molecule has 3 aromatic carbocycles. The minimum absolute atomic E-state index is 0.0204. The van der Waals surface area contributed by atoms with Crippen molar-refractivity contribution in [1.82, 2.24) is 5.32 Å². The van der Waals surface area contributed by atoms with Crippen molar-refractivity contribution in [2.75, 3.05) is 6.54 Å². The largest absolute Gasteiger partial charge is 0.347 e. The van der Waals surface area contributed by atoms with Crippen LogP contribution in [0.15, 0.2) is 66.7 Å². The molecular formula is C21H22ClN2O+. The molecule has 128 valence electrons. The highest BCUT2D eigenvalue weighted by Crippen LogP contribution is 2.21. The van der Waals surface area contributed by atoms with Crippen molar-refractivity contribution < 1.29 is 10.1 Å². The maximum atomic E-state index is 12.1. The number of fused-ring (bicyclic) bond motifs is 1. The first-order valence-corrected chi connectivity index (χ1v) is 8.83. The number of hydrogen-bond donors (Lipinski definition) is 2. The minimum Gasteiger partial charge on any atom is -0.347 e. The van der Waals surface area contributed by atoms with Gasteiger partial charge < -0.3 is 10.6 Å². The second kappa shape index (κ2) is 8.15. The van der Waals surface area contributed by atoms with Crippen LogP contribution in [-0.2, 0) is 11.3 Å². The van der Waals surface area contributed by atoms with Crippen LogP contribution in [0.5, 0.6) is 0 Å². The van der Waals surface area contributed by atoms with E-state index >= 15 is 0 Å². The van der Waals surface area contributed by atoms with Crippen molar-refractivity contribution in [3.05, 3.63) is 82.9 Å². The van der Waals surface area contributed by atoms with E-state index in [1.54, 1.807) is 0 Å². The third kappa shape index (κ3) is 4.59. The quantitative estimate of drug-likeness (QED) is 0.700. The zero-order valence-corrected chi connectivity index (χ0v) is 15.0. The lowest BCUT2D eigenvalue weighted by atomic mass is 10.00. The van der Waals surface area contributed by atoms with E-state index in [1.807, 2.05) is 30.3 Å². The molecule has 0 aliphatic carbocycles. The van der Waals surface area contributed by atoms with E-state index in [9.17, 15) is 4.79 Å². The molecule has 0 saturated heterocycles. The molecule has 4 heteroatoms. The molecule has 1 amide bonds. The zero-order valence-electron chi connectivity index (χ0n) is 14.2. The molecule has 3 N–H and O–H groups in total. The Hall–Kier alpha value is -2.36. The van der Waals surface area contributed by atoms with Crippen LogP contribution in [-0.4, -0.2) is 12.5 Å². The summed E-state index contributed by atoms with van der Waals surface area (Å²) in [5.41, 5.74) is 2.25. The summed E-state index contributed by atoms with van der Waals surface area (Å²) >= 11 is 5.96. The molecule has 0 unspecified atom stereocenters. The average molecular weight is 354 g/mol. The van der Waals surface area contributed by atoms with Crippen molar-refractivity contribution in [3.8, 4) is 0 Å². The Labute approximate surface area is 153 Å². The lowest BCUT2D eigenvalue weighted by Gasteiger charge is -2.14. The van der Waals surface area contributed by atoms with Gasteiger partial charge in [-0.1, -0.05) is 66.2 Å². The predicted octanol–water partition coefficient (Wildman–Crippen LogP) is 3.43. The third-order valence-electron chi connectivity index (χ3n) is 4.35. The van der Waals surface area contributed by atoms with Gasteiger partial charge in [0.2, 0.25) is 0 Å². The van der Waals surface area contributed by atoms with Gasteiger partial charge >= 0.3 is 0 Å². The molecule has 3 rings (SSSR count). The zero-order chi connectivity index (χ0) is 17.6. The first-order chi connectivity index (χ1) is 12.1. The summed E-state index contributed by atoms with van der Waals surface area (Å²) in [6.07, 6.45) is 0. The Morgan fingerprint density at radius 2 is 1.84 bits per heavy atom. The van der Waals surface area contributed by atoms with Crippen molar-refractivity contribution in [2.24, 2.45) is 0 Å². The summed E-state index contributed by atoms with van der Waals surface area (Å²) in [4.78, 5) is 12.1. The van der Waals surface area contributed by atoms with Crippen LogP contribution in [0.2, 0.25) is 5.02 Å². The highest BCUT2D eigenvalue weighted by molar-refractivity contribution is 6.30. The van der Waals surface area contributed by atoms with Crippen molar-refractivity contribution in [3.63, 3.8) is 0 Å². The van der Waals surface area contributed by atoms with Crippen LogP contribution < -0.4 is 10.6 Å². The fourth-order valence-electron chi connectivity index (χ4n) is 2.98. The molecule has 0 saturated carbocycles. The first-order valence-electron chi connectivity index (χ1n) is 8.45. The molecular weight excluding hydrogens is 332 g/mol. The van der Waals surface area contributed by atoms with E-state index in [0.717, 1.165) is 5.56 Å². The van der Waals surface area contributed by atoms with Crippen LogP contribution in [0.4, 0.5) is 0 Å². The van der Waals surface area contributed by atoms with Gasteiger partial charge in [0.05, 0.1) is 0 Å². The highest BCUT2D eigenvalue weighted by Gasteiger charge is 2.13. The number of benzene rings is 3. The van der Waals surface area contributed by atoms with E-state index < -0.39 is 0 Å². The van der Waals surface area contributed by atoms with Gasteiger partial charge in [0.1, 0.15) is 6.04 Å². The summed E-state index contributed by atoms with van der Waals surface area (Å²) in [5, 5.41) is 8.16. The molecule has 3 aromatic rings. The van der Waals surface area contributed by atoms with E-state index in [-0.39, 0.29) is 11.9 Å². The summed E-state index contributed by atoms with van der Waals surface area (Å²) in [5.74, 6) is 0.0204. The molecule has 1 atom stereocenters. The molecule has 3 nitrogen and oxygen atoms in total. The van der Waals surface area contributed by atoms with E-state index in [4.69, 9.17) is 11.6 Å². The monoisotopic (exact) mass is 353 g/mol. The molecule has 0 aliphatic heterocycles. The molecule has 0 heterocycles. The first kappa shape index (κ1) is 17.5. The lowest BCUT2D eigenvalue weighted by Crippen LogP contribution is -2.87. The van der Waals surface area contributed by atoms with E-state index in [2.05, 4.69) is 54.0 Å². The summed E-state index contributed by atoms with van der Waals surface area (Å²) in [6.45, 7) is 3.02. The minimum atomic E-state index is 0.0204. The van der Waals surface area contributed by atoms with Crippen LogP contribution >= 0.6 is 11.6 Å². The molecule has 0 aliphatic rings. The van der Waals surface area contributed by atoms with Crippen LogP contribution in [0.3, 0.4) is 0 Å². The van der Waals surface area contributed by atoms with Crippen molar-refractivity contribution in [1.29, 1.82) is 0 Å². The average Bonchev–Trinajstić information content (AvgIpc) is 2.64. The van der Waals surface area contributed by atoms with Gasteiger partial charge in [-0.25, -0.2) is 0 Å². The number of carbonyl (C=O) groups is 1. The van der Waals surface area contributed by atoms with E-state index in [1.165, 1.54) is 16.3 Å². The summed E-state index contributed by atoms with van der Waals surface area (Å²) < 4.78 is 0. The Balaban J connectivity index is 1.56. The van der Waals surface area contributed by atoms with Gasteiger partial charge in [-0.15, -0.1) is 0 Å². The van der Waals surface area contributed by atoms with Gasteiger partial charge in [-0.2, -0.15) is 0 Å². The predicted molar refractivity (Wildman–Crippen MR) is 102 cm³/mol. The Kier molecular flexibility index (Phi) is 5.69. The molecule has 0 bridgehead atoms. The number of nitrogens with one attached hydrogen (secondary N) is 1. The molecule has 0 radical (unpaired) electrons. The fraction of sp³-hybridized carbons (Fsp3) is 0.190. The Morgan fingerprint density at radius 3 is 2.68 bits per heavy atom. The number of hydrogen-bond acceptors (Lipinski definition) is 1. The van der Waals surface area contributed by atoms with Crippen molar-refractivity contribution in [2.45, 2.75) is 19.5 Å². The number of halogens is 1. The van der Waals surface area contributed by atoms with Crippen LogP contribution in [0, 0.1) is 0 Å². The van der Waals surface area contributed by atoms with E-state index in [0.29, 0.717) is 18.1 Å². The molecule has 0 spiro atoms. The number of nitrogens with two attached hydrogens (primary N) is 1. The fourth-order valence-corrected chi connectivity index (χ4v) is 3.19. The Bertz CT molecular complexity index is 873. The number of quaternary nitrogens is 1. The SMILES string of the molecule is C[C@@H]([NH2+]CC(=O)NCc1cccc(Cl)c1)c1cccc2ccccc12. The normalized spacial score (nSPS) is 12.1.